The van der Waals surface area contributed by atoms with Crippen molar-refractivity contribution in [3.05, 3.63) is 85.8 Å². The van der Waals surface area contributed by atoms with E-state index in [0.29, 0.717) is 17.3 Å². The van der Waals surface area contributed by atoms with Gasteiger partial charge in [-0.15, -0.1) is 0 Å². The van der Waals surface area contributed by atoms with Crippen molar-refractivity contribution in [2.75, 3.05) is 11.4 Å². The molecule has 2 aromatic heterocycles. The second-order valence-electron chi connectivity index (χ2n) is 8.01. The number of para-hydroxylation sites is 1. The third-order valence-electron chi connectivity index (χ3n) is 5.70. The molecule has 0 aliphatic carbocycles. The number of nitrogens with zero attached hydrogens (tertiary/aromatic N) is 6. The molecule has 11 heteroatoms. The maximum atomic E-state index is 12.9. The Hall–Kier alpha value is -4.05. The lowest BCUT2D eigenvalue weighted by molar-refractivity contribution is -0.118. The molecule has 2 aromatic carbocycles. The molecule has 0 saturated carbocycles. The summed E-state index contributed by atoms with van der Waals surface area (Å²) >= 11 is 5.95. The Morgan fingerprint density at radius 1 is 1.08 bits per heavy atom. The molecule has 186 valence electrons. The maximum Gasteiger partial charge on any atom is 0.352 e. The van der Waals surface area contributed by atoms with Crippen molar-refractivity contribution in [2.45, 2.75) is 40.2 Å². The standard InChI is InChI=1S/C25H25ClN6O4/c1-4-30(19-9-7-6-8-16(19)3)21(33)15-14-20-27-23(29-36-20)22-24(34)31(5-2)25(35)32(28-22)18-12-10-17(26)11-13-18/h6-13H,4-5,14-15H2,1-3H3. The summed E-state index contributed by atoms with van der Waals surface area (Å²) in [6.07, 6.45) is 0.327. The summed E-state index contributed by atoms with van der Waals surface area (Å²) in [5, 5.41) is 8.61. The van der Waals surface area contributed by atoms with Gasteiger partial charge in [-0.3, -0.25) is 14.2 Å². The average Bonchev–Trinajstić information content (AvgIpc) is 3.34. The molecule has 0 radical (unpaired) electrons. The fourth-order valence-electron chi connectivity index (χ4n) is 3.83. The molecule has 0 unspecified atom stereocenters. The molecule has 0 fully saturated rings. The summed E-state index contributed by atoms with van der Waals surface area (Å²) in [4.78, 5) is 44.7. The van der Waals surface area contributed by atoms with E-state index in [9.17, 15) is 14.4 Å². The van der Waals surface area contributed by atoms with Crippen LogP contribution in [-0.4, -0.2) is 36.9 Å². The number of amides is 1. The first kappa shape index (κ1) is 25.1. The molecule has 0 atom stereocenters. The van der Waals surface area contributed by atoms with Gasteiger partial charge in [0.15, 0.2) is 5.69 Å². The molecular formula is C25H25ClN6O4. The Morgan fingerprint density at radius 3 is 2.47 bits per heavy atom. The van der Waals surface area contributed by atoms with Gasteiger partial charge in [0, 0.05) is 36.6 Å². The lowest BCUT2D eigenvalue weighted by Gasteiger charge is -2.22. The summed E-state index contributed by atoms with van der Waals surface area (Å²) in [6, 6.07) is 14.1. The minimum Gasteiger partial charge on any atom is -0.339 e. The summed E-state index contributed by atoms with van der Waals surface area (Å²) in [6.45, 7) is 6.20. The number of carbonyl (C=O) groups excluding carboxylic acids is 1. The number of hydrogen-bond donors (Lipinski definition) is 0. The number of aromatic nitrogens is 5. The van der Waals surface area contributed by atoms with Gasteiger partial charge in [-0.2, -0.15) is 14.8 Å². The lowest BCUT2D eigenvalue weighted by atomic mass is 10.1. The van der Waals surface area contributed by atoms with Crippen LogP contribution in [0.1, 0.15) is 31.7 Å². The van der Waals surface area contributed by atoms with Crippen LogP contribution in [0, 0.1) is 6.92 Å². The number of halogens is 1. The number of anilines is 1. The third-order valence-corrected chi connectivity index (χ3v) is 5.96. The highest BCUT2D eigenvalue weighted by molar-refractivity contribution is 6.30. The van der Waals surface area contributed by atoms with E-state index in [1.165, 1.54) is 0 Å². The highest BCUT2D eigenvalue weighted by Gasteiger charge is 2.21. The van der Waals surface area contributed by atoms with E-state index in [-0.39, 0.29) is 42.7 Å². The summed E-state index contributed by atoms with van der Waals surface area (Å²) < 4.78 is 7.44. The molecule has 0 aliphatic rings. The maximum absolute atomic E-state index is 12.9. The minimum absolute atomic E-state index is 0.0568. The minimum atomic E-state index is -0.632. The van der Waals surface area contributed by atoms with Crippen molar-refractivity contribution in [3.63, 3.8) is 0 Å². The van der Waals surface area contributed by atoms with Crippen LogP contribution in [0.25, 0.3) is 17.2 Å². The summed E-state index contributed by atoms with van der Waals surface area (Å²) in [5.74, 6) is 0.0422. The first-order valence-corrected chi connectivity index (χ1v) is 11.9. The predicted octanol–water partition coefficient (Wildman–Crippen LogP) is 3.41. The third kappa shape index (κ3) is 4.99. The molecule has 0 N–H and O–H groups in total. The predicted molar refractivity (Wildman–Crippen MR) is 136 cm³/mol. The van der Waals surface area contributed by atoms with Crippen LogP contribution in [0.5, 0.6) is 0 Å². The van der Waals surface area contributed by atoms with E-state index in [4.69, 9.17) is 16.1 Å². The van der Waals surface area contributed by atoms with Crippen LogP contribution in [0.3, 0.4) is 0 Å². The zero-order chi connectivity index (χ0) is 25.8. The van der Waals surface area contributed by atoms with Gasteiger partial charge in [-0.25, -0.2) is 4.79 Å². The second kappa shape index (κ2) is 10.7. The molecule has 2 heterocycles. The van der Waals surface area contributed by atoms with Crippen LogP contribution in [0.2, 0.25) is 5.02 Å². The van der Waals surface area contributed by atoms with Crippen molar-refractivity contribution in [1.82, 2.24) is 24.5 Å². The molecule has 10 nitrogen and oxygen atoms in total. The molecule has 1 amide bonds. The van der Waals surface area contributed by atoms with Crippen LogP contribution in [-0.2, 0) is 17.8 Å². The fourth-order valence-corrected chi connectivity index (χ4v) is 3.96. The van der Waals surface area contributed by atoms with E-state index in [1.54, 1.807) is 36.1 Å². The highest BCUT2D eigenvalue weighted by atomic mass is 35.5. The van der Waals surface area contributed by atoms with E-state index < -0.39 is 11.2 Å². The fraction of sp³-hybridized carbons (Fsp3) is 0.280. The molecular weight excluding hydrogens is 484 g/mol. The Morgan fingerprint density at radius 2 is 1.81 bits per heavy atom. The number of aryl methyl sites for hydroxylation is 2. The number of benzene rings is 2. The zero-order valence-corrected chi connectivity index (χ0v) is 20.9. The van der Waals surface area contributed by atoms with Gasteiger partial charge < -0.3 is 9.42 Å². The Labute approximate surface area is 211 Å². The number of carbonyl (C=O) groups is 1. The van der Waals surface area contributed by atoms with Gasteiger partial charge in [0.2, 0.25) is 17.6 Å². The van der Waals surface area contributed by atoms with Crippen LogP contribution < -0.4 is 16.1 Å². The molecule has 0 bridgehead atoms. The zero-order valence-electron chi connectivity index (χ0n) is 20.1. The molecule has 0 aliphatic heterocycles. The highest BCUT2D eigenvalue weighted by Crippen LogP contribution is 2.21. The molecule has 0 spiro atoms. The van der Waals surface area contributed by atoms with Crippen LogP contribution in [0.15, 0.2) is 62.6 Å². The normalized spacial score (nSPS) is 11.0. The SMILES string of the molecule is CCN(C(=O)CCc1nc(-c2nn(-c3ccc(Cl)cc3)c(=O)n(CC)c2=O)no1)c1ccccc1C. The Balaban J connectivity index is 1.60. The van der Waals surface area contributed by atoms with Crippen molar-refractivity contribution < 1.29 is 9.32 Å². The van der Waals surface area contributed by atoms with Crippen LogP contribution >= 0.6 is 11.6 Å². The smallest absolute Gasteiger partial charge is 0.339 e. The lowest BCUT2D eigenvalue weighted by Crippen LogP contribution is -2.41. The van der Waals surface area contributed by atoms with E-state index >= 15 is 0 Å². The monoisotopic (exact) mass is 508 g/mol. The topological polar surface area (TPSA) is 116 Å². The van der Waals surface area contributed by atoms with Gasteiger partial charge in [0.25, 0.3) is 5.56 Å². The van der Waals surface area contributed by atoms with Gasteiger partial charge >= 0.3 is 5.69 Å². The second-order valence-corrected chi connectivity index (χ2v) is 8.44. The van der Waals surface area contributed by atoms with E-state index in [1.807, 2.05) is 38.1 Å². The van der Waals surface area contributed by atoms with Gasteiger partial charge in [-0.05, 0) is 56.7 Å². The molecule has 4 rings (SSSR count). The molecule has 0 saturated heterocycles. The Bertz CT molecular complexity index is 1510. The van der Waals surface area contributed by atoms with Crippen molar-refractivity contribution in [3.8, 4) is 17.2 Å². The van der Waals surface area contributed by atoms with E-state index in [2.05, 4.69) is 15.2 Å². The molecule has 36 heavy (non-hydrogen) atoms. The van der Waals surface area contributed by atoms with Gasteiger partial charge in [-0.1, -0.05) is 35.0 Å². The van der Waals surface area contributed by atoms with Gasteiger partial charge in [0.05, 0.1) is 5.69 Å². The number of hydrogen-bond acceptors (Lipinski definition) is 7. The van der Waals surface area contributed by atoms with Crippen molar-refractivity contribution in [2.24, 2.45) is 0 Å². The summed E-state index contributed by atoms with van der Waals surface area (Å²) in [5.41, 5.74) is 0.916. The molecule has 4 aromatic rings. The van der Waals surface area contributed by atoms with Crippen LogP contribution in [0.4, 0.5) is 5.69 Å². The first-order valence-electron chi connectivity index (χ1n) is 11.5. The quantitative estimate of drug-likeness (QED) is 0.358. The average molecular weight is 509 g/mol. The van der Waals surface area contributed by atoms with E-state index in [0.717, 1.165) is 20.5 Å². The Kier molecular flexibility index (Phi) is 7.44. The van der Waals surface area contributed by atoms with Crippen molar-refractivity contribution in [1.29, 1.82) is 0 Å². The largest absolute Gasteiger partial charge is 0.352 e. The summed E-state index contributed by atoms with van der Waals surface area (Å²) in [7, 11) is 0. The first-order chi connectivity index (χ1) is 17.3. The number of rotatable bonds is 8. The van der Waals surface area contributed by atoms with Gasteiger partial charge in [0.1, 0.15) is 0 Å². The van der Waals surface area contributed by atoms with Crippen molar-refractivity contribution >= 4 is 23.2 Å².